The van der Waals surface area contributed by atoms with E-state index in [1.807, 2.05) is 0 Å². The lowest BCUT2D eigenvalue weighted by Crippen LogP contribution is -1.83. The smallest absolute Gasteiger partial charge is 0.227 e. The maximum atomic E-state index is 13.7. The molecular weight excluding hydrogens is 299 g/mol. The van der Waals surface area contributed by atoms with Gasteiger partial charge in [0.15, 0.2) is 11.4 Å². The van der Waals surface area contributed by atoms with E-state index in [0.717, 1.165) is 5.56 Å². The predicted octanol–water partition coefficient (Wildman–Crippen LogP) is 3.98. The molecule has 0 amide bonds. The van der Waals surface area contributed by atoms with E-state index < -0.39 is 5.82 Å². The number of nitrogens with zero attached hydrogens (tertiary/aromatic N) is 1. The van der Waals surface area contributed by atoms with Crippen molar-refractivity contribution in [2.75, 3.05) is 5.73 Å². The number of aromatic nitrogens is 1. The summed E-state index contributed by atoms with van der Waals surface area (Å²) in [4.78, 5) is 4.26. The van der Waals surface area contributed by atoms with Gasteiger partial charge in [0.25, 0.3) is 0 Å². The van der Waals surface area contributed by atoms with Crippen LogP contribution in [0, 0.1) is 5.82 Å². The topological polar surface area (TPSA) is 52.0 Å². The number of halogens is 2. The molecule has 3 rings (SSSR count). The first-order valence-electron chi connectivity index (χ1n) is 5.25. The minimum Gasteiger partial charge on any atom is -0.433 e. The van der Waals surface area contributed by atoms with Gasteiger partial charge in [-0.25, -0.2) is 9.37 Å². The molecule has 0 unspecified atom stereocenters. The zero-order valence-corrected chi connectivity index (χ0v) is 10.7. The Hall–Kier alpha value is -1.88. The van der Waals surface area contributed by atoms with Crippen LogP contribution >= 0.6 is 15.9 Å². The van der Waals surface area contributed by atoms with Gasteiger partial charge in [-0.1, -0.05) is 15.9 Å². The van der Waals surface area contributed by atoms with Crippen LogP contribution in [0.3, 0.4) is 0 Å². The van der Waals surface area contributed by atoms with Crippen LogP contribution < -0.4 is 5.73 Å². The maximum absolute atomic E-state index is 13.7. The van der Waals surface area contributed by atoms with Gasteiger partial charge in [-0.05, 0) is 36.4 Å². The van der Waals surface area contributed by atoms with Crippen LogP contribution in [0.4, 0.5) is 10.1 Å². The molecule has 18 heavy (non-hydrogen) atoms. The van der Waals surface area contributed by atoms with E-state index in [1.54, 1.807) is 30.3 Å². The lowest BCUT2D eigenvalue weighted by Gasteiger charge is -1.95. The third-order valence-electron chi connectivity index (χ3n) is 2.57. The van der Waals surface area contributed by atoms with Crippen molar-refractivity contribution in [2.45, 2.75) is 0 Å². The largest absolute Gasteiger partial charge is 0.433 e. The summed E-state index contributed by atoms with van der Waals surface area (Å²) in [6, 6.07) is 10.1. The Morgan fingerprint density at radius 2 is 1.89 bits per heavy atom. The number of hydrogen-bond acceptors (Lipinski definition) is 3. The van der Waals surface area contributed by atoms with Crippen molar-refractivity contribution in [1.82, 2.24) is 4.98 Å². The molecule has 0 radical (unpaired) electrons. The highest BCUT2D eigenvalue weighted by Gasteiger charge is 2.12. The quantitative estimate of drug-likeness (QED) is 0.692. The highest BCUT2D eigenvalue weighted by atomic mass is 79.9. The van der Waals surface area contributed by atoms with Crippen LogP contribution in [0.1, 0.15) is 0 Å². The lowest BCUT2D eigenvalue weighted by molar-refractivity contribution is 0.564. The average Bonchev–Trinajstić information content (AvgIpc) is 2.74. The van der Waals surface area contributed by atoms with E-state index in [1.165, 1.54) is 6.07 Å². The van der Waals surface area contributed by atoms with Gasteiger partial charge in [0, 0.05) is 15.7 Å². The Balaban J connectivity index is 2.19. The summed E-state index contributed by atoms with van der Waals surface area (Å²) in [7, 11) is 0. The van der Waals surface area contributed by atoms with Gasteiger partial charge in [-0.2, -0.15) is 0 Å². The van der Waals surface area contributed by atoms with Crippen molar-refractivity contribution < 1.29 is 8.81 Å². The number of hydrogen-bond donors (Lipinski definition) is 1. The highest BCUT2D eigenvalue weighted by molar-refractivity contribution is 9.10. The summed E-state index contributed by atoms with van der Waals surface area (Å²) < 4.78 is 19.7. The van der Waals surface area contributed by atoms with E-state index in [4.69, 9.17) is 10.2 Å². The van der Waals surface area contributed by atoms with Gasteiger partial charge < -0.3 is 10.2 Å². The monoisotopic (exact) mass is 306 g/mol. The van der Waals surface area contributed by atoms with Crippen LogP contribution in [-0.2, 0) is 0 Å². The number of anilines is 1. The van der Waals surface area contributed by atoms with E-state index in [-0.39, 0.29) is 5.58 Å². The standard InChI is InChI=1S/C13H8BrFN2O/c14-8-5-10(15)12-11(6-8)17-13(18-12)7-1-3-9(16)4-2-7/h1-6H,16H2. The molecular formula is C13H8BrFN2O. The van der Waals surface area contributed by atoms with E-state index in [9.17, 15) is 4.39 Å². The minimum absolute atomic E-state index is 0.157. The Morgan fingerprint density at radius 1 is 1.17 bits per heavy atom. The highest BCUT2D eigenvalue weighted by Crippen LogP contribution is 2.28. The normalized spacial score (nSPS) is 11.0. The first-order chi connectivity index (χ1) is 8.63. The van der Waals surface area contributed by atoms with Crippen molar-refractivity contribution in [3.63, 3.8) is 0 Å². The summed E-state index contributed by atoms with van der Waals surface area (Å²) in [5.41, 5.74) is 7.66. The molecule has 90 valence electrons. The number of nitrogens with two attached hydrogens (primary N) is 1. The number of rotatable bonds is 1. The predicted molar refractivity (Wildman–Crippen MR) is 71.5 cm³/mol. The second kappa shape index (κ2) is 4.10. The Kier molecular flexibility index (Phi) is 2.56. The van der Waals surface area contributed by atoms with Crippen LogP contribution in [0.2, 0.25) is 0 Å². The van der Waals surface area contributed by atoms with Crippen LogP contribution in [0.5, 0.6) is 0 Å². The van der Waals surface area contributed by atoms with Gasteiger partial charge in [-0.3, -0.25) is 0 Å². The summed E-state index contributed by atoms with van der Waals surface area (Å²) in [6.07, 6.45) is 0. The second-order valence-corrected chi connectivity index (χ2v) is 4.79. The molecule has 0 spiro atoms. The van der Waals surface area contributed by atoms with Crippen molar-refractivity contribution in [2.24, 2.45) is 0 Å². The summed E-state index contributed by atoms with van der Waals surface area (Å²) >= 11 is 3.22. The lowest BCUT2D eigenvalue weighted by atomic mass is 10.2. The molecule has 3 nitrogen and oxygen atoms in total. The maximum Gasteiger partial charge on any atom is 0.227 e. The van der Waals surface area contributed by atoms with E-state index in [2.05, 4.69) is 20.9 Å². The van der Waals surface area contributed by atoms with Gasteiger partial charge in [0.2, 0.25) is 5.89 Å². The summed E-state index contributed by atoms with van der Waals surface area (Å²) in [6.45, 7) is 0. The Morgan fingerprint density at radius 3 is 2.61 bits per heavy atom. The van der Waals surface area contributed by atoms with Gasteiger partial charge >= 0.3 is 0 Å². The zero-order chi connectivity index (χ0) is 12.7. The Bertz CT molecular complexity index is 722. The van der Waals surface area contributed by atoms with Crippen molar-refractivity contribution >= 4 is 32.7 Å². The van der Waals surface area contributed by atoms with Crippen LogP contribution in [-0.4, -0.2) is 4.98 Å². The SMILES string of the molecule is Nc1ccc(-c2nc3cc(Br)cc(F)c3o2)cc1. The van der Waals surface area contributed by atoms with Gasteiger partial charge in [-0.15, -0.1) is 0 Å². The van der Waals surface area contributed by atoms with Crippen LogP contribution in [0.15, 0.2) is 45.3 Å². The third-order valence-corrected chi connectivity index (χ3v) is 3.02. The molecule has 3 aromatic rings. The molecule has 0 saturated heterocycles. The van der Waals surface area contributed by atoms with Crippen LogP contribution in [0.25, 0.3) is 22.6 Å². The molecule has 2 aromatic carbocycles. The Labute approximate surface area is 111 Å². The molecule has 0 aliphatic carbocycles. The van der Waals surface area contributed by atoms with Crippen molar-refractivity contribution in [3.05, 3.63) is 46.7 Å². The average molecular weight is 307 g/mol. The van der Waals surface area contributed by atoms with E-state index in [0.29, 0.717) is 21.6 Å². The fraction of sp³-hybridized carbons (Fsp3) is 0. The molecule has 2 N–H and O–H groups in total. The molecule has 0 atom stereocenters. The molecule has 1 aromatic heterocycles. The summed E-state index contributed by atoms with van der Waals surface area (Å²) in [5.74, 6) is -0.0597. The molecule has 0 bridgehead atoms. The summed E-state index contributed by atoms with van der Waals surface area (Å²) in [5, 5.41) is 0. The molecule has 5 heteroatoms. The number of nitrogen functional groups attached to an aromatic ring is 1. The van der Waals surface area contributed by atoms with Gasteiger partial charge in [0.05, 0.1) is 0 Å². The van der Waals surface area contributed by atoms with Crippen molar-refractivity contribution in [3.8, 4) is 11.5 Å². The zero-order valence-electron chi connectivity index (χ0n) is 9.15. The third kappa shape index (κ3) is 1.86. The number of oxazole rings is 1. The van der Waals surface area contributed by atoms with E-state index >= 15 is 0 Å². The van der Waals surface area contributed by atoms with Gasteiger partial charge in [0.1, 0.15) is 5.52 Å². The molecule has 0 fully saturated rings. The molecule has 1 heterocycles. The van der Waals surface area contributed by atoms with Crippen molar-refractivity contribution in [1.29, 1.82) is 0 Å². The fourth-order valence-electron chi connectivity index (χ4n) is 1.71. The second-order valence-electron chi connectivity index (χ2n) is 3.88. The first-order valence-corrected chi connectivity index (χ1v) is 6.04. The fourth-order valence-corrected chi connectivity index (χ4v) is 2.13. The number of fused-ring (bicyclic) bond motifs is 1. The molecule has 0 saturated carbocycles. The molecule has 0 aliphatic rings. The minimum atomic E-state index is -0.437. The number of benzene rings is 2. The molecule has 0 aliphatic heterocycles. The first kappa shape index (κ1) is 11.2.